The van der Waals surface area contributed by atoms with E-state index in [1.807, 2.05) is 20.9 Å². The van der Waals surface area contributed by atoms with Crippen molar-refractivity contribution in [3.8, 4) is 0 Å². The second-order valence-corrected chi connectivity index (χ2v) is 9.18. The molecular formula is C31H50N4O4. The Labute approximate surface area is 236 Å². The summed E-state index contributed by atoms with van der Waals surface area (Å²) in [6.45, 7) is 18.3. The summed E-state index contributed by atoms with van der Waals surface area (Å²) in [6.07, 6.45) is 4.57. The number of non-ortho nitro benzene ring substituents is 1. The molecule has 2 rings (SSSR count). The number of nitrogens with zero attached hydrogens (tertiary/aromatic N) is 2. The molecule has 0 saturated heterocycles. The van der Waals surface area contributed by atoms with Gasteiger partial charge in [-0.1, -0.05) is 63.6 Å². The van der Waals surface area contributed by atoms with Crippen LogP contribution >= 0.6 is 0 Å². The van der Waals surface area contributed by atoms with Crippen LogP contribution < -0.4 is 15.5 Å². The van der Waals surface area contributed by atoms with Gasteiger partial charge < -0.3 is 20.3 Å². The monoisotopic (exact) mass is 542 g/mol. The summed E-state index contributed by atoms with van der Waals surface area (Å²) >= 11 is 0. The van der Waals surface area contributed by atoms with Gasteiger partial charge in [0.1, 0.15) is 6.54 Å². The minimum atomic E-state index is -0.410. The van der Waals surface area contributed by atoms with Crippen molar-refractivity contribution in [3.63, 3.8) is 0 Å². The second kappa shape index (κ2) is 22.7. The highest BCUT2D eigenvalue weighted by atomic mass is 16.6. The molecule has 0 saturated carbocycles. The van der Waals surface area contributed by atoms with E-state index in [-0.39, 0.29) is 11.7 Å². The van der Waals surface area contributed by atoms with Crippen molar-refractivity contribution in [2.24, 2.45) is 0 Å². The average Bonchev–Trinajstić information content (AvgIpc) is 2.91. The first kappa shape index (κ1) is 35.8. The molecule has 218 valence electrons. The van der Waals surface area contributed by atoms with Gasteiger partial charge in [0.25, 0.3) is 5.69 Å². The van der Waals surface area contributed by atoms with E-state index >= 15 is 0 Å². The summed E-state index contributed by atoms with van der Waals surface area (Å²) in [4.78, 5) is 23.9. The fraction of sp³-hybridized carbons (Fsp3) is 0.516. The zero-order valence-electron chi connectivity index (χ0n) is 24.9. The molecule has 0 aromatic heterocycles. The van der Waals surface area contributed by atoms with Crippen molar-refractivity contribution in [3.05, 3.63) is 76.4 Å². The lowest BCUT2D eigenvalue weighted by molar-refractivity contribution is -0.384. The zero-order chi connectivity index (χ0) is 29.5. The average molecular weight is 543 g/mol. The lowest BCUT2D eigenvalue weighted by Crippen LogP contribution is -2.32. The van der Waals surface area contributed by atoms with Gasteiger partial charge in [-0.3, -0.25) is 14.9 Å². The maximum Gasteiger partial charge on any atom is 0.325 e. The number of hydrogen-bond acceptors (Lipinski definition) is 7. The Hall–Kier alpha value is -3.23. The van der Waals surface area contributed by atoms with E-state index in [0.29, 0.717) is 13.2 Å². The number of benzene rings is 2. The molecule has 2 N–H and O–H groups in total. The molecule has 0 amide bonds. The first-order valence-electron chi connectivity index (χ1n) is 14.0. The molecule has 2 aromatic rings. The van der Waals surface area contributed by atoms with Crippen LogP contribution in [0.2, 0.25) is 0 Å². The van der Waals surface area contributed by atoms with E-state index in [1.54, 1.807) is 12.1 Å². The molecule has 0 radical (unpaired) electrons. The molecule has 0 atom stereocenters. The number of nitro benzene ring substituents is 1. The Morgan fingerprint density at radius 2 is 1.72 bits per heavy atom. The summed E-state index contributed by atoms with van der Waals surface area (Å²) in [7, 11) is 1.94. The smallest absolute Gasteiger partial charge is 0.325 e. The molecule has 0 heterocycles. The second-order valence-electron chi connectivity index (χ2n) is 9.18. The molecular weight excluding hydrogens is 492 g/mol. The number of ether oxygens (including phenoxy) is 1. The van der Waals surface area contributed by atoms with Crippen molar-refractivity contribution in [1.82, 2.24) is 10.6 Å². The van der Waals surface area contributed by atoms with E-state index in [4.69, 9.17) is 4.74 Å². The number of allylic oxidation sites excluding steroid dienone is 1. The van der Waals surface area contributed by atoms with Crippen LogP contribution in [0, 0.1) is 10.1 Å². The summed E-state index contributed by atoms with van der Waals surface area (Å²) in [5.74, 6) is -0.166. The number of carbonyl (C=O) groups excluding carboxylic acids is 1. The summed E-state index contributed by atoms with van der Waals surface area (Å²) in [5, 5.41) is 16.9. The molecule has 0 spiro atoms. The number of carbonyl (C=O) groups is 1. The van der Waals surface area contributed by atoms with Crippen LogP contribution in [0.5, 0.6) is 0 Å². The molecule has 0 unspecified atom stereocenters. The van der Waals surface area contributed by atoms with Gasteiger partial charge in [0, 0.05) is 30.9 Å². The van der Waals surface area contributed by atoms with E-state index in [9.17, 15) is 14.9 Å². The van der Waals surface area contributed by atoms with Crippen molar-refractivity contribution < 1.29 is 14.5 Å². The van der Waals surface area contributed by atoms with Gasteiger partial charge in [-0.15, -0.1) is 0 Å². The SMILES string of the molecule is C=C(C)c1cccc([N+](=O)[O-])c1.CCC.CCCNCCCCN(CC(=O)OCC)c1ccc(CNC)cc1. The van der Waals surface area contributed by atoms with Gasteiger partial charge in [-0.25, -0.2) is 0 Å². The largest absolute Gasteiger partial charge is 0.465 e. The van der Waals surface area contributed by atoms with Crippen LogP contribution in [0.15, 0.2) is 55.1 Å². The quantitative estimate of drug-likeness (QED) is 0.113. The normalized spacial score (nSPS) is 9.90. The summed E-state index contributed by atoms with van der Waals surface area (Å²) in [6, 6.07) is 14.8. The number of nitro groups is 1. The van der Waals surface area contributed by atoms with Crippen molar-refractivity contribution in [1.29, 1.82) is 0 Å². The Bertz CT molecular complexity index is 919. The minimum absolute atomic E-state index is 0.107. The molecule has 0 aliphatic rings. The number of hydrogen-bond donors (Lipinski definition) is 2. The first-order chi connectivity index (χ1) is 18.7. The van der Waals surface area contributed by atoms with Crippen molar-refractivity contribution in [2.75, 3.05) is 44.7 Å². The van der Waals surface area contributed by atoms with Crippen LogP contribution in [-0.4, -0.2) is 50.7 Å². The van der Waals surface area contributed by atoms with Crippen LogP contribution in [-0.2, 0) is 16.1 Å². The minimum Gasteiger partial charge on any atom is -0.465 e. The number of unbranched alkanes of at least 4 members (excludes halogenated alkanes) is 1. The third-order valence-electron chi connectivity index (χ3n) is 5.32. The molecule has 8 nitrogen and oxygen atoms in total. The van der Waals surface area contributed by atoms with Crippen LogP contribution in [0.25, 0.3) is 5.57 Å². The van der Waals surface area contributed by atoms with Crippen molar-refractivity contribution in [2.45, 2.75) is 66.8 Å². The van der Waals surface area contributed by atoms with Gasteiger partial charge in [0.05, 0.1) is 11.5 Å². The Morgan fingerprint density at radius 3 is 2.26 bits per heavy atom. The topological polar surface area (TPSA) is 96.7 Å². The summed E-state index contributed by atoms with van der Waals surface area (Å²) < 4.78 is 5.11. The molecule has 2 aromatic carbocycles. The molecule has 0 aliphatic heterocycles. The van der Waals surface area contributed by atoms with E-state index in [0.717, 1.165) is 62.3 Å². The lowest BCUT2D eigenvalue weighted by Gasteiger charge is -2.24. The highest BCUT2D eigenvalue weighted by Crippen LogP contribution is 2.18. The van der Waals surface area contributed by atoms with Crippen LogP contribution in [0.1, 0.15) is 71.4 Å². The Balaban J connectivity index is 0.000000798. The zero-order valence-corrected chi connectivity index (χ0v) is 24.9. The van der Waals surface area contributed by atoms with Gasteiger partial charge in [-0.05, 0) is 76.5 Å². The van der Waals surface area contributed by atoms with Crippen LogP contribution in [0.3, 0.4) is 0 Å². The predicted molar refractivity (Wildman–Crippen MR) is 164 cm³/mol. The molecule has 0 fully saturated rings. The highest BCUT2D eigenvalue weighted by Gasteiger charge is 2.12. The number of rotatable bonds is 15. The molecule has 0 aliphatic carbocycles. The Kier molecular flexibility index (Phi) is 20.8. The maximum atomic E-state index is 11.9. The third-order valence-corrected chi connectivity index (χ3v) is 5.32. The van der Waals surface area contributed by atoms with Gasteiger partial charge >= 0.3 is 5.97 Å². The fourth-order valence-corrected chi connectivity index (χ4v) is 3.43. The van der Waals surface area contributed by atoms with Gasteiger partial charge in [0.15, 0.2) is 0 Å². The van der Waals surface area contributed by atoms with Gasteiger partial charge in [-0.2, -0.15) is 0 Å². The number of anilines is 1. The molecule has 39 heavy (non-hydrogen) atoms. The van der Waals surface area contributed by atoms with E-state index in [1.165, 1.54) is 24.1 Å². The van der Waals surface area contributed by atoms with Crippen molar-refractivity contribution >= 4 is 22.9 Å². The molecule has 0 bridgehead atoms. The Morgan fingerprint density at radius 1 is 1.05 bits per heavy atom. The van der Waals surface area contributed by atoms with Crippen LogP contribution in [0.4, 0.5) is 11.4 Å². The fourth-order valence-electron chi connectivity index (χ4n) is 3.43. The standard InChI is InChI=1S/C19H33N3O2.C9H9NO2.C3H8/c1-4-12-21-13-6-7-14-22(16-19(23)24-5-2)18-10-8-17(9-11-18)15-20-3;1-7(2)8-4-3-5-9(6-8)10(11)12;1-3-2/h8-11,20-21H,4-7,12-16H2,1-3H3;3-6H,1H2,2H3;3H2,1-2H3. The lowest BCUT2D eigenvalue weighted by atomic mass is 10.1. The third kappa shape index (κ3) is 17.1. The number of esters is 1. The highest BCUT2D eigenvalue weighted by molar-refractivity contribution is 5.75. The van der Waals surface area contributed by atoms with Gasteiger partial charge in [0.2, 0.25) is 0 Å². The van der Waals surface area contributed by atoms with E-state index < -0.39 is 4.92 Å². The molecule has 8 heteroatoms. The van der Waals surface area contributed by atoms with E-state index in [2.05, 4.69) is 67.1 Å². The predicted octanol–water partition coefficient (Wildman–Crippen LogP) is 6.60. The maximum absolute atomic E-state index is 11.9. The number of nitrogens with one attached hydrogen (secondary N) is 2. The first-order valence-corrected chi connectivity index (χ1v) is 14.0. The summed E-state index contributed by atoms with van der Waals surface area (Å²) in [5.41, 5.74) is 4.06.